The third kappa shape index (κ3) is 3.71. The van der Waals surface area contributed by atoms with Crippen molar-refractivity contribution in [3.8, 4) is 0 Å². The number of hydrogen-bond donors (Lipinski definition) is 1. The average Bonchev–Trinajstić information content (AvgIpc) is 2.81. The Morgan fingerprint density at radius 1 is 1.54 bits per heavy atom. The van der Waals surface area contributed by atoms with Gasteiger partial charge >= 0.3 is 0 Å². The van der Waals surface area contributed by atoms with Gasteiger partial charge in [-0.15, -0.1) is 23.1 Å². The molecule has 13 heavy (non-hydrogen) atoms. The molecule has 1 aliphatic rings. The van der Waals surface area contributed by atoms with Gasteiger partial charge in [0.2, 0.25) is 0 Å². The molecule has 1 fully saturated rings. The molecule has 3 heteroatoms. The molecule has 0 spiro atoms. The molecular formula is C10H15NS2. The Morgan fingerprint density at radius 3 is 3.15 bits per heavy atom. The van der Waals surface area contributed by atoms with E-state index in [-0.39, 0.29) is 0 Å². The van der Waals surface area contributed by atoms with Crippen LogP contribution in [0.25, 0.3) is 0 Å². The van der Waals surface area contributed by atoms with Crippen molar-refractivity contribution in [2.24, 2.45) is 5.92 Å². The van der Waals surface area contributed by atoms with E-state index in [2.05, 4.69) is 22.8 Å². The fraction of sp³-hybridized carbons (Fsp3) is 0.600. The lowest BCUT2D eigenvalue weighted by atomic mass is 10.4. The average molecular weight is 213 g/mol. The fourth-order valence-corrected chi connectivity index (χ4v) is 2.96. The Hall–Kier alpha value is 0.01000. The second-order valence-corrected chi connectivity index (χ2v) is 5.77. The van der Waals surface area contributed by atoms with E-state index in [0.717, 1.165) is 12.5 Å². The molecule has 0 radical (unpaired) electrons. The van der Waals surface area contributed by atoms with Crippen LogP contribution >= 0.6 is 23.1 Å². The van der Waals surface area contributed by atoms with Crippen LogP contribution in [0.4, 0.5) is 0 Å². The molecule has 1 aliphatic carbocycles. The van der Waals surface area contributed by atoms with Gasteiger partial charge in [0, 0.05) is 12.3 Å². The van der Waals surface area contributed by atoms with Crippen molar-refractivity contribution in [3.63, 3.8) is 0 Å². The first-order chi connectivity index (χ1) is 6.45. The SMILES string of the molecule is c1csc(SCCNCC2CC2)c1. The summed E-state index contributed by atoms with van der Waals surface area (Å²) in [6.07, 6.45) is 2.90. The maximum absolute atomic E-state index is 3.49. The molecule has 1 N–H and O–H groups in total. The lowest BCUT2D eigenvalue weighted by Crippen LogP contribution is -2.19. The minimum atomic E-state index is 1.01. The summed E-state index contributed by atoms with van der Waals surface area (Å²) in [5.74, 6) is 2.21. The Morgan fingerprint density at radius 2 is 2.46 bits per heavy atom. The third-order valence-electron chi connectivity index (χ3n) is 2.15. The highest BCUT2D eigenvalue weighted by molar-refractivity contribution is 8.01. The van der Waals surface area contributed by atoms with Crippen molar-refractivity contribution in [1.29, 1.82) is 0 Å². The molecule has 72 valence electrons. The molecule has 0 aliphatic heterocycles. The van der Waals surface area contributed by atoms with Gasteiger partial charge in [-0.3, -0.25) is 0 Å². The van der Waals surface area contributed by atoms with Crippen LogP contribution in [-0.4, -0.2) is 18.8 Å². The summed E-state index contributed by atoms with van der Waals surface area (Å²) in [5.41, 5.74) is 0. The zero-order valence-corrected chi connectivity index (χ0v) is 9.29. The monoisotopic (exact) mass is 213 g/mol. The second-order valence-electron chi connectivity index (χ2n) is 3.43. The van der Waals surface area contributed by atoms with E-state index in [1.165, 1.54) is 29.3 Å². The highest BCUT2D eigenvalue weighted by atomic mass is 32.2. The Kier molecular flexibility index (Phi) is 3.70. The number of thioether (sulfide) groups is 1. The predicted octanol–water partition coefficient (Wildman–Crippen LogP) is 2.84. The molecule has 1 aromatic heterocycles. The molecule has 0 unspecified atom stereocenters. The summed E-state index contributed by atoms with van der Waals surface area (Å²) in [6.45, 7) is 2.39. The maximum Gasteiger partial charge on any atom is 0.0598 e. The quantitative estimate of drug-likeness (QED) is 0.576. The van der Waals surface area contributed by atoms with Crippen molar-refractivity contribution in [2.75, 3.05) is 18.8 Å². The zero-order valence-electron chi connectivity index (χ0n) is 7.66. The molecule has 0 aromatic carbocycles. The van der Waals surface area contributed by atoms with Crippen LogP contribution in [0.5, 0.6) is 0 Å². The van der Waals surface area contributed by atoms with E-state index in [9.17, 15) is 0 Å². The first kappa shape index (κ1) is 9.56. The summed E-state index contributed by atoms with van der Waals surface area (Å²) >= 11 is 3.79. The fourth-order valence-electron chi connectivity index (χ4n) is 1.20. The predicted molar refractivity (Wildman–Crippen MR) is 60.6 cm³/mol. The molecular weight excluding hydrogens is 198 g/mol. The van der Waals surface area contributed by atoms with Gasteiger partial charge < -0.3 is 5.32 Å². The molecule has 1 aromatic rings. The Bertz CT molecular complexity index is 229. The van der Waals surface area contributed by atoms with Gasteiger partial charge in [-0.25, -0.2) is 0 Å². The van der Waals surface area contributed by atoms with E-state index < -0.39 is 0 Å². The molecule has 1 nitrogen and oxygen atoms in total. The molecule has 0 atom stereocenters. The summed E-state index contributed by atoms with van der Waals surface area (Å²) in [5, 5.41) is 5.63. The van der Waals surface area contributed by atoms with Gasteiger partial charge in [0.05, 0.1) is 4.21 Å². The minimum absolute atomic E-state index is 1.01. The lowest BCUT2D eigenvalue weighted by molar-refractivity contribution is 0.666. The van der Waals surface area contributed by atoms with E-state index >= 15 is 0 Å². The topological polar surface area (TPSA) is 12.0 Å². The largest absolute Gasteiger partial charge is 0.316 e. The number of hydrogen-bond acceptors (Lipinski definition) is 3. The normalized spacial score (nSPS) is 16.3. The second kappa shape index (κ2) is 5.03. The molecule has 1 heterocycles. The van der Waals surface area contributed by atoms with Gasteiger partial charge in [-0.05, 0) is 36.8 Å². The van der Waals surface area contributed by atoms with Gasteiger partial charge in [0.1, 0.15) is 0 Å². The van der Waals surface area contributed by atoms with Crippen molar-refractivity contribution >= 4 is 23.1 Å². The first-order valence-electron chi connectivity index (χ1n) is 4.82. The van der Waals surface area contributed by atoms with E-state index in [1.807, 2.05) is 23.1 Å². The number of nitrogens with one attached hydrogen (secondary N) is 1. The van der Waals surface area contributed by atoms with Crippen LogP contribution in [0.3, 0.4) is 0 Å². The van der Waals surface area contributed by atoms with E-state index in [4.69, 9.17) is 0 Å². The van der Waals surface area contributed by atoms with Crippen LogP contribution < -0.4 is 5.32 Å². The highest BCUT2D eigenvalue weighted by Crippen LogP contribution is 2.27. The van der Waals surface area contributed by atoms with Gasteiger partial charge in [-0.2, -0.15) is 0 Å². The molecule has 0 saturated heterocycles. The number of thiophene rings is 1. The molecule has 0 bridgehead atoms. The van der Waals surface area contributed by atoms with Gasteiger partial charge in [-0.1, -0.05) is 6.07 Å². The maximum atomic E-state index is 3.49. The third-order valence-corrected chi connectivity index (χ3v) is 4.28. The minimum Gasteiger partial charge on any atom is -0.316 e. The van der Waals surface area contributed by atoms with Gasteiger partial charge in [0.25, 0.3) is 0 Å². The summed E-state index contributed by atoms with van der Waals surface area (Å²) in [6, 6.07) is 4.31. The Labute approximate surface area is 87.9 Å². The van der Waals surface area contributed by atoms with Crippen molar-refractivity contribution in [2.45, 2.75) is 17.1 Å². The number of rotatable bonds is 6. The molecule has 0 amide bonds. The van der Waals surface area contributed by atoms with Gasteiger partial charge in [0.15, 0.2) is 0 Å². The lowest BCUT2D eigenvalue weighted by Gasteiger charge is -2.01. The van der Waals surface area contributed by atoms with Crippen molar-refractivity contribution in [3.05, 3.63) is 17.5 Å². The van der Waals surface area contributed by atoms with Crippen LogP contribution in [0.1, 0.15) is 12.8 Å². The van der Waals surface area contributed by atoms with Crippen LogP contribution in [0.15, 0.2) is 21.7 Å². The molecule has 1 saturated carbocycles. The van der Waals surface area contributed by atoms with Crippen LogP contribution in [-0.2, 0) is 0 Å². The van der Waals surface area contributed by atoms with Crippen LogP contribution in [0, 0.1) is 5.92 Å². The summed E-state index contributed by atoms with van der Waals surface area (Å²) < 4.78 is 1.44. The van der Waals surface area contributed by atoms with Crippen LogP contribution in [0.2, 0.25) is 0 Å². The Balaban J connectivity index is 1.48. The van der Waals surface area contributed by atoms with Crippen molar-refractivity contribution in [1.82, 2.24) is 5.32 Å². The van der Waals surface area contributed by atoms with E-state index in [0.29, 0.717) is 0 Å². The smallest absolute Gasteiger partial charge is 0.0598 e. The van der Waals surface area contributed by atoms with E-state index in [1.54, 1.807) is 0 Å². The zero-order chi connectivity index (χ0) is 8.93. The van der Waals surface area contributed by atoms with Crippen molar-refractivity contribution < 1.29 is 0 Å². The standard InChI is InChI=1S/C10H15NS2/c1-2-10(12-6-1)13-7-5-11-8-9-3-4-9/h1-2,6,9,11H,3-5,7-8H2. The highest BCUT2D eigenvalue weighted by Gasteiger charge is 2.19. The summed E-state index contributed by atoms with van der Waals surface area (Å²) in [7, 11) is 0. The molecule has 2 rings (SSSR count). The first-order valence-corrected chi connectivity index (χ1v) is 6.69. The summed E-state index contributed by atoms with van der Waals surface area (Å²) in [4.78, 5) is 0.